The lowest BCUT2D eigenvalue weighted by Gasteiger charge is -2.33. The average molecular weight is 403 g/mol. The molecule has 0 spiro atoms. The molecule has 5 nitrogen and oxygen atoms in total. The van der Waals surface area contributed by atoms with Crippen molar-refractivity contribution in [2.75, 3.05) is 13.2 Å². The summed E-state index contributed by atoms with van der Waals surface area (Å²) >= 11 is 0. The summed E-state index contributed by atoms with van der Waals surface area (Å²) in [6.45, 7) is 3.58. The first-order chi connectivity index (χ1) is 12.4. The molecule has 0 saturated carbocycles. The standard InChI is InChI=1S/C16H19F6NO4/c1-4-7-8-9(13(24)26-5-2)11(15(17,18)19)23-12(16(20,21)22)10(8)14(25)27-6-3/h8-9H,4-7H2,1-3H3. The van der Waals surface area contributed by atoms with Gasteiger partial charge in [-0.05, 0) is 20.3 Å². The molecule has 0 radical (unpaired) electrons. The van der Waals surface area contributed by atoms with Gasteiger partial charge in [-0.15, -0.1) is 0 Å². The van der Waals surface area contributed by atoms with Crippen LogP contribution in [-0.4, -0.2) is 43.2 Å². The third kappa shape index (κ3) is 5.23. The Kier molecular flexibility index (Phi) is 7.44. The normalized spacial score (nSPS) is 21.0. The molecule has 154 valence electrons. The van der Waals surface area contributed by atoms with Crippen LogP contribution in [0.2, 0.25) is 0 Å². The Morgan fingerprint density at radius 2 is 1.52 bits per heavy atom. The zero-order valence-electron chi connectivity index (χ0n) is 14.8. The minimum absolute atomic E-state index is 0.111. The fraction of sp³-hybridized carbons (Fsp3) is 0.688. The second-order valence-corrected chi connectivity index (χ2v) is 5.60. The number of hydrogen-bond donors (Lipinski definition) is 0. The Morgan fingerprint density at radius 1 is 0.963 bits per heavy atom. The van der Waals surface area contributed by atoms with Crippen LogP contribution in [0.4, 0.5) is 26.3 Å². The number of nitrogens with zero attached hydrogens (tertiary/aromatic N) is 1. The van der Waals surface area contributed by atoms with Crippen LogP contribution in [0, 0.1) is 11.8 Å². The molecule has 1 rings (SSSR count). The summed E-state index contributed by atoms with van der Waals surface area (Å²) in [6, 6.07) is 0. The number of alkyl halides is 6. The van der Waals surface area contributed by atoms with E-state index in [2.05, 4.69) is 14.5 Å². The molecule has 11 heteroatoms. The maximum Gasteiger partial charge on any atom is 0.433 e. The summed E-state index contributed by atoms with van der Waals surface area (Å²) in [7, 11) is 0. The van der Waals surface area contributed by atoms with Gasteiger partial charge in [0.05, 0.1) is 18.8 Å². The van der Waals surface area contributed by atoms with E-state index in [9.17, 15) is 35.9 Å². The largest absolute Gasteiger partial charge is 0.465 e. The van der Waals surface area contributed by atoms with Crippen molar-refractivity contribution in [3.05, 3.63) is 11.3 Å². The lowest BCUT2D eigenvalue weighted by molar-refractivity contribution is -0.150. The first-order valence-corrected chi connectivity index (χ1v) is 8.20. The third-order valence-corrected chi connectivity index (χ3v) is 3.75. The highest BCUT2D eigenvalue weighted by Gasteiger charge is 2.55. The number of halogens is 6. The Morgan fingerprint density at radius 3 is 1.93 bits per heavy atom. The lowest BCUT2D eigenvalue weighted by atomic mass is 9.76. The maximum absolute atomic E-state index is 13.4. The number of hydrogen-bond acceptors (Lipinski definition) is 5. The zero-order chi connectivity index (χ0) is 21.0. The molecule has 1 aliphatic heterocycles. The van der Waals surface area contributed by atoms with Crippen LogP contribution in [0.5, 0.6) is 0 Å². The van der Waals surface area contributed by atoms with Gasteiger partial charge in [-0.1, -0.05) is 13.3 Å². The molecule has 0 aromatic carbocycles. The predicted octanol–water partition coefficient (Wildman–Crippen LogP) is 3.98. The summed E-state index contributed by atoms with van der Waals surface area (Å²) < 4.78 is 89.6. The van der Waals surface area contributed by atoms with Gasteiger partial charge in [0.25, 0.3) is 0 Å². The molecule has 0 N–H and O–H groups in total. The second kappa shape index (κ2) is 8.75. The molecule has 0 amide bonds. The van der Waals surface area contributed by atoms with E-state index in [1.54, 1.807) is 0 Å². The van der Waals surface area contributed by atoms with Crippen molar-refractivity contribution in [1.82, 2.24) is 0 Å². The fourth-order valence-electron chi connectivity index (χ4n) is 2.83. The molecule has 1 heterocycles. The van der Waals surface area contributed by atoms with Crippen LogP contribution >= 0.6 is 0 Å². The molecule has 1 aliphatic rings. The van der Waals surface area contributed by atoms with E-state index >= 15 is 0 Å². The number of carbonyl (C=O) groups is 2. The number of rotatable bonds is 6. The lowest BCUT2D eigenvalue weighted by Crippen LogP contribution is -2.46. The Balaban J connectivity index is 3.79. The third-order valence-electron chi connectivity index (χ3n) is 3.75. The molecular formula is C16H19F6NO4. The van der Waals surface area contributed by atoms with Gasteiger partial charge >= 0.3 is 24.3 Å². The van der Waals surface area contributed by atoms with Gasteiger partial charge < -0.3 is 9.47 Å². The molecule has 0 aromatic heterocycles. The number of aliphatic imine (C=N–C) groups is 1. The number of ether oxygens (including phenoxy) is 2. The number of esters is 2. The maximum atomic E-state index is 13.4. The van der Waals surface area contributed by atoms with Gasteiger partial charge in [-0.25, -0.2) is 9.79 Å². The summed E-state index contributed by atoms with van der Waals surface area (Å²) in [5.74, 6) is -6.76. The van der Waals surface area contributed by atoms with E-state index in [0.717, 1.165) is 0 Å². The number of carbonyl (C=O) groups excluding carboxylic acids is 2. The first-order valence-electron chi connectivity index (χ1n) is 8.20. The van der Waals surface area contributed by atoms with Gasteiger partial charge in [-0.2, -0.15) is 26.3 Å². The smallest absolute Gasteiger partial charge is 0.433 e. The quantitative estimate of drug-likeness (QED) is 0.497. The molecule has 0 bridgehead atoms. The van der Waals surface area contributed by atoms with E-state index in [-0.39, 0.29) is 26.1 Å². The summed E-state index contributed by atoms with van der Waals surface area (Å²) in [4.78, 5) is 27.0. The summed E-state index contributed by atoms with van der Waals surface area (Å²) in [6.07, 6.45) is -10.9. The van der Waals surface area contributed by atoms with Crippen molar-refractivity contribution >= 4 is 17.7 Å². The van der Waals surface area contributed by atoms with E-state index in [4.69, 9.17) is 0 Å². The van der Waals surface area contributed by atoms with Gasteiger partial charge in [0.15, 0.2) is 5.70 Å². The molecule has 2 atom stereocenters. The fourth-order valence-corrected chi connectivity index (χ4v) is 2.83. The SMILES string of the molecule is CCCC1C(C(=O)OCC)=C(C(F)(F)F)N=C(C(F)(F)F)C1C(=O)OCC. The summed E-state index contributed by atoms with van der Waals surface area (Å²) in [5, 5.41) is 0. The van der Waals surface area contributed by atoms with E-state index in [1.165, 1.54) is 20.8 Å². The highest BCUT2D eigenvalue weighted by molar-refractivity contribution is 6.09. The van der Waals surface area contributed by atoms with Gasteiger partial charge in [0.2, 0.25) is 0 Å². The minimum Gasteiger partial charge on any atom is -0.465 e. The highest BCUT2D eigenvalue weighted by Crippen LogP contribution is 2.44. The topological polar surface area (TPSA) is 65.0 Å². The van der Waals surface area contributed by atoms with Crippen LogP contribution in [-0.2, 0) is 19.1 Å². The molecule has 27 heavy (non-hydrogen) atoms. The van der Waals surface area contributed by atoms with Crippen LogP contribution in [0.3, 0.4) is 0 Å². The van der Waals surface area contributed by atoms with Crippen LogP contribution < -0.4 is 0 Å². The van der Waals surface area contributed by atoms with Crippen molar-refractivity contribution in [1.29, 1.82) is 0 Å². The van der Waals surface area contributed by atoms with Gasteiger partial charge in [0.1, 0.15) is 11.6 Å². The van der Waals surface area contributed by atoms with E-state index < -0.39 is 53.1 Å². The van der Waals surface area contributed by atoms with Gasteiger partial charge in [0, 0.05) is 5.92 Å². The van der Waals surface area contributed by atoms with Crippen molar-refractivity contribution < 1.29 is 45.4 Å². The van der Waals surface area contributed by atoms with Gasteiger partial charge in [-0.3, -0.25) is 4.79 Å². The monoisotopic (exact) mass is 403 g/mol. The second-order valence-electron chi connectivity index (χ2n) is 5.60. The first kappa shape index (κ1) is 23.0. The van der Waals surface area contributed by atoms with Crippen molar-refractivity contribution in [2.24, 2.45) is 16.8 Å². The highest BCUT2D eigenvalue weighted by atomic mass is 19.4. The minimum atomic E-state index is -5.34. The van der Waals surface area contributed by atoms with E-state index in [1.807, 2.05) is 0 Å². The molecule has 0 saturated heterocycles. The van der Waals surface area contributed by atoms with Crippen molar-refractivity contribution in [3.8, 4) is 0 Å². The zero-order valence-corrected chi connectivity index (χ0v) is 14.8. The van der Waals surface area contributed by atoms with E-state index in [0.29, 0.717) is 0 Å². The molecule has 0 aliphatic carbocycles. The van der Waals surface area contributed by atoms with Crippen molar-refractivity contribution in [2.45, 2.75) is 46.0 Å². The van der Waals surface area contributed by atoms with Crippen molar-refractivity contribution in [3.63, 3.8) is 0 Å². The van der Waals surface area contributed by atoms with Crippen LogP contribution in [0.1, 0.15) is 33.6 Å². The Hall–Kier alpha value is -2.07. The molecule has 0 aromatic rings. The Labute approximate surface area is 151 Å². The summed E-state index contributed by atoms with van der Waals surface area (Å²) in [5.41, 5.74) is -5.01. The van der Waals surface area contributed by atoms with Crippen LogP contribution in [0.15, 0.2) is 16.3 Å². The van der Waals surface area contributed by atoms with Crippen LogP contribution in [0.25, 0.3) is 0 Å². The molecular weight excluding hydrogens is 384 g/mol. The Bertz CT molecular complexity index is 636. The molecule has 0 fully saturated rings. The predicted molar refractivity (Wildman–Crippen MR) is 81.7 cm³/mol. The molecule has 2 unspecified atom stereocenters. The number of allylic oxidation sites excluding steroid dienone is 1. The average Bonchev–Trinajstić information content (AvgIpc) is 2.52.